The van der Waals surface area contributed by atoms with Crippen molar-refractivity contribution in [1.82, 2.24) is 15.2 Å². The van der Waals surface area contributed by atoms with Crippen LogP contribution >= 0.6 is 23.6 Å². The predicted molar refractivity (Wildman–Crippen MR) is 147 cm³/mol. The maximum atomic E-state index is 14.9. The van der Waals surface area contributed by atoms with Gasteiger partial charge in [0.25, 0.3) is 5.91 Å². The molecule has 1 aliphatic rings. The SMILES string of the molecule is O=C(Cc1ccccc1)NC(=S)Nc1ccc(Oc2ccnc3cc(C(=O)N4CC[C@H](O)C4)sc23)c(F)c1. The van der Waals surface area contributed by atoms with Crippen molar-refractivity contribution >= 4 is 56.4 Å². The van der Waals surface area contributed by atoms with E-state index in [0.717, 1.165) is 5.56 Å². The lowest BCUT2D eigenvalue weighted by molar-refractivity contribution is -0.119. The Morgan fingerprint density at radius 2 is 1.97 bits per heavy atom. The van der Waals surface area contributed by atoms with E-state index >= 15 is 0 Å². The number of thiophene rings is 1. The zero-order valence-corrected chi connectivity index (χ0v) is 21.7. The number of nitrogens with zero attached hydrogens (tertiary/aromatic N) is 2. The number of aliphatic hydroxyl groups is 1. The molecule has 1 fully saturated rings. The molecule has 0 saturated carbocycles. The van der Waals surface area contributed by atoms with Crippen LogP contribution in [0.25, 0.3) is 10.2 Å². The molecule has 0 aliphatic carbocycles. The first-order chi connectivity index (χ1) is 18.4. The van der Waals surface area contributed by atoms with Gasteiger partial charge in [0.15, 0.2) is 16.7 Å². The molecule has 38 heavy (non-hydrogen) atoms. The number of hydrogen-bond acceptors (Lipinski definition) is 7. The van der Waals surface area contributed by atoms with Crippen LogP contribution in [0.4, 0.5) is 10.1 Å². The van der Waals surface area contributed by atoms with Crippen molar-refractivity contribution in [2.45, 2.75) is 18.9 Å². The van der Waals surface area contributed by atoms with E-state index in [0.29, 0.717) is 46.0 Å². The molecule has 11 heteroatoms. The molecule has 4 aromatic rings. The molecule has 1 aliphatic heterocycles. The number of amides is 2. The monoisotopic (exact) mass is 550 g/mol. The number of likely N-dealkylation sites (tertiary alicyclic amines) is 1. The fourth-order valence-electron chi connectivity index (χ4n) is 4.08. The first-order valence-electron chi connectivity index (χ1n) is 11.8. The molecule has 0 bridgehead atoms. The zero-order valence-electron chi connectivity index (χ0n) is 20.0. The number of thiocarbonyl (C=S) groups is 1. The van der Waals surface area contributed by atoms with Crippen molar-refractivity contribution in [2.75, 3.05) is 18.4 Å². The van der Waals surface area contributed by atoms with E-state index in [1.54, 1.807) is 23.1 Å². The highest BCUT2D eigenvalue weighted by atomic mass is 32.1. The molecule has 8 nitrogen and oxygen atoms in total. The summed E-state index contributed by atoms with van der Waals surface area (Å²) in [7, 11) is 0. The van der Waals surface area contributed by atoms with Crippen molar-refractivity contribution in [3.63, 3.8) is 0 Å². The van der Waals surface area contributed by atoms with Crippen LogP contribution in [-0.2, 0) is 11.2 Å². The summed E-state index contributed by atoms with van der Waals surface area (Å²) < 4.78 is 21.4. The molecule has 0 spiro atoms. The van der Waals surface area contributed by atoms with Gasteiger partial charge in [-0.15, -0.1) is 11.3 Å². The van der Waals surface area contributed by atoms with Crippen LogP contribution in [0.15, 0.2) is 66.9 Å². The smallest absolute Gasteiger partial charge is 0.264 e. The first-order valence-corrected chi connectivity index (χ1v) is 13.1. The van der Waals surface area contributed by atoms with E-state index in [4.69, 9.17) is 17.0 Å². The molecule has 0 unspecified atom stereocenters. The molecule has 2 aromatic carbocycles. The number of anilines is 1. The second kappa shape index (κ2) is 11.2. The lowest BCUT2D eigenvalue weighted by Crippen LogP contribution is -2.35. The van der Waals surface area contributed by atoms with Gasteiger partial charge in [0.2, 0.25) is 5.91 Å². The van der Waals surface area contributed by atoms with Crippen molar-refractivity contribution < 1.29 is 23.8 Å². The summed E-state index contributed by atoms with van der Waals surface area (Å²) in [6, 6.07) is 16.8. The predicted octanol–water partition coefficient (Wildman–Crippen LogP) is 4.49. The van der Waals surface area contributed by atoms with E-state index in [9.17, 15) is 19.1 Å². The number of carbonyl (C=O) groups is 2. The van der Waals surface area contributed by atoms with Crippen LogP contribution in [0.5, 0.6) is 11.5 Å². The third kappa shape index (κ3) is 5.96. The molecule has 2 amide bonds. The average Bonchev–Trinajstić information content (AvgIpc) is 3.52. The Labute approximate surface area is 227 Å². The number of halogens is 1. The summed E-state index contributed by atoms with van der Waals surface area (Å²) in [6.07, 6.45) is 1.74. The number of hydrogen-bond donors (Lipinski definition) is 3. The maximum Gasteiger partial charge on any atom is 0.264 e. The quantitative estimate of drug-likeness (QED) is 0.304. The Hall–Kier alpha value is -3.93. The summed E-state index contributed by atoms with van der Waals surface area (Å²) in [4.78, 5) is 31.4. The number of nitrogens with one attached hydrogen (secondary N) is 2. The molecule has 1 saturated heterocycles. The van der Waals surface area contributed by atoms with Gasteiger partial charge in [0, 0.05) is 37.1 Å². The van der Waals surface area contributed by atoms with E-state index in [1.807, 2.05) is 30.3 Å². The van der Waals surface area contributed by atoms with Gasteiger partial charge >= 0.3 is 0 Å². The molecule has 3 heterocycles. The molecule has 3 N–H and O–H groups in total. The summed E-state index contributed by atoms with van der Waals surface area (Å²) in [6.45, 7) is 0.798. The largest absolute Gasteiger partial charge is 0.453 e. The Balaban J connectivity index is 1.24. The van der Waals surface area contributed by atoms with E-state index in [2.05, 4.69) is 15.6 Å². The standard InChI is InChI=1S/C27H23FN4O4S2/c28-19-13-17(30-27(37)31-24(34)12-16-4-2-1-3-5-16)6-7-21(19)36-22-8-10-29-20-14-23(38-25(20)22)26(35)32-11-9-18(33)15-32/h1-8,10,13-14,18,33H,9,11-12,15H2,(H2,30,31,34,37)/t18-/m0/s1. The van der Waals surface area contributed by atoms with Crippen LogP contribution in [-0.4, -0.2) is 51.1 Å². The number of ether oxygens (including phenoxy) is 1. The average molecular weight is 551 g/mol. The second-order valence-corrected chi connectivity index (χ2v) is 10.2. The summed E-state index contributed by atoms with van der Waals surface area (Å²) in [5.74, 6) is -0.762. The van der Waals surface area contributed by atoms with Gasteiger partial charge in [-0.1, -0.05) is 30.3 Å². The third-order valence-corrected chi connectivity index (χ3v) is 7.24. The molecule has 1 atom stereocenters. The zero-order chi connectivity index (χ0) is 26.6. The topological polar surface area (TPSA) is 104 Å². The summed E-state index contributed by atoms with van der Waals surface area (Å²) in [5, 5.41) is 15.2. The van der Waals surface area contributed by atoms with Gasteiger partial charge < -0.3 is 25.4 Å². The molecule has 5 rings (SSSR count). The van der Waals surface area contributed by atoms with Gasteiger partial charge in [-0.3, -0.25) is 14.6 Å². The van der Waals surface area contributed by atoms with Gasteiger partial charge in [0.05, 0.1) is 27.6 Å². The minimum atomic E-state index is -0.641. The van der Waals surface area contributed by atoms with Crippen molar-refractivity contribution in [1.29, 1.82) is 0 Å². The van der Waals surface area contributed by atoms with Crippen LogP contribution < -0.4 is 15.4 Å². The Morgan fingerprint density at radius 3 is 2.71 bits per heavy atom. The number of β-amino-alcohol motifs (C(OH)–C–C–N with tert-alkyl or cyclic N) is 1. The van der Waals surface area contributed by atoms with Crippen molar-refractivity contribution in [3.8, 4) is 11.5 Å². The molecule has 0 radical (unpaired) electrons. The van der Waals surface area contributed by atoms with E-state index in [1.165, 1.54) is 29.7 Å². The maximum absolute atomic E-state index is 14.9. The van der Waals surface area contributed by atoms with Gasteiger partial charge in [-0.25, -0.2) is 4.39 Å². The highest BCUT2D eigenvalue weighted by Gasteiger charge is 2.27. The molecule has 2 aromatic heterocycles. The fourth-order valence-corrected chi connectivity index (χ4v) is 5.34. The minimum Gasteiger partial charge on any atom is -0.453 e. The van der Waals surface area contributed by atoms with E-state index in [-0.39, 0.29) is 29.1 Å². The first kappa shape index (κ1) is 25.7. The van der Waals surface area contributed by atoms with Crippen LogP contribution in [0.3, 0.4) is 0 Å². The summed E-state index contributed by atoms with van der Waals surface area (Å²) in [5.41, 5.74) is 1.75. The fraction of sp³-hybridized carbons (Fsp3) is 0.185. The molecule has 194 valence electrons. The van der Waals surface area contributed by atoms with Gasteiger partial charge in [-0.05, 0) is 42.4 Å². The third-order valence-electron chi connectivity index (χ3n) is 5.91. The van der Waals surface area contributed by atoms with Gasteiger partial charge in [-0.2, -0.15) is 0 Å². The number of pyridine rings is 1. The minimum absolute atomic E-state index is 0.0222. The number of rotatable bonds is 6. The van der Waals surface area contributed by atoms with Crippen LogP contribution in [0, 0.1) is 5.82 Å². The lowest BCUT2D eigenvalue weighted by Gasteiger charge is -2.13. The van der Waals surface area contributed by atoms with Crippen molar-refractivity contribution in [3.05, 3.63) is 83.1 Å². The summed E-state index contributed by atoms with van der Waals surface area (Å²) >= 11 is 6.40. The number of carbonyl (C=O) groups excluding carboxylic acids is 2. The highest BCUT2D eigenvalue weighted by Crippen LogP contribution is 2.36. The lowest BCUT2D eigenvalue weighted by atomic mass is 10.1. The van der Waals surface area contributed by atoms with Gasteiger partial charge in [0.1, 0.15) is 5.75 Å². The Bertz CT molecular complexity index is 1510. The number of benzene rings is 2. The van der Waals surface area contributed by atoms with Crippen LogP contribution in [0.2, 0.25) is 0 Å². The molecular formula is C27H23FN4O4S2. The van der Waals surface area contributed by atoms with E-state index < -0.39 is 11.9 Å². The second-order valence-electron chi connectivity index (χ2n) is 8.74. The Morgan fingerprint density at radius 1 is 1.16 bits per heavy atom. The number of aromatic nitrogens is 1. The Kier molecular flexibility index (Phi) is 7.59. The highest BCUT2D eigenvalue weighted by molar-refractivity contribution is 7.80. The molecular weight excluding hydrogens is 527 g/mol. The number of fused-ring (bicyclic) bond motifs is 1. The normalized spacial score (nSPS) is 14.9. The van der Waals surface area contributed by atoms with Crippen LogP contribution in [0.1, 0.15) is 21.7 Å². The number of aliphatic hydroxyl groups excluding tert-OH is 1. The van der Waals surface area contributed by atoms with Crippen molar-refractivity contribution in [2.24, 2.45) is 0 Å².